The van der Waals surface area contributed by atoms with Crippen LogP contribution in [0.5, 0.6) is 0 Å². The predicted molar refractivity (Wildman–Crippen MR) is 259 cm³/mol. The Morgan fingerprint density at radius 3 is 1.64 bits per heavy atom. The number of aromatic nitrogens is 6. The van der Waals surface area contributed by atoms with Gasteiger partial charge in [0.2, 0.25) is 0 Å². The van der Waals surface area contributed by atoms with Crippen LogP contribution < -0.4 is 0 Å². The van der Waals surface area contributed by atoms with Gasteiger partial charge in [0.25, 0.3) is 40.5 Å². The van der Waals surface area contributed by atoms with Gasteiger partial charge in [-0.3, -0.25) is 18.2 Å². The van der Waals surface area contributed by atoms with Gasteiger partial charge in [-0.1, -0.05) is 60.7 Å². The molecule has 4 N–H and O–H groups in total. The molecular weight excluding hydrogens is 1020 g/mol. The molecule has 0 spiro atoms. The van der Waals surface area contributed by atoms with Crippen LogP contribution in [0.1, 0.15) is 16.7 Å². The molecule has 4 radical (unpaired) electrons. The molecule has 7 aromatic carbocycles. The van der Waals surface area contributed by atoms with E-state index < -0.39 is 55.2 Å². The zero-order valence-corrected chi connectivity index (χ0v) is 48.2. The Labute approximate surface area is 481 Å². The second-order valence-electron chi connectivity index (χ2n) is 14.4. The third kappa shape index (κ3) is 11.9. The van der Waals surface area contributed by atoms with Crippen molar-refractivity contribution >= 4 is 226 Å². The Hall–Kier alpha value is -3.16. The molecule has 0 atom stereocenters. The SMILES string of the molecule is Cc1cc(-n2nc3ccc4cc(S(=O)(=O)O)ccc4c3n2)ccc1N=Nc1ccc(C=Cc2ccc(-n3nc4cc(S(=O)(=O)O)c5ccccc5c4n3)cc2S(=O)(=O)O)c(S(=O)(=O)O)c1.[Na].[Na].[Na].[Na]. The minimum Gasteiger partial charge on any atom is -0.282 e. The summed E-state index contributed by atoms with van der Waals surface area (Å²) in [5, 5.41) is 27.9. The number of fused-ring (bicyclic) bond motifs is 6. The minimum atomic E-state index is -4.94. The molecule has 332 valence electrons. The molecule has 0 bridgehead atoms. The molecule has 0 fully saturated rings. The van der Waals surface area contributed by atoms with Crippen LogP contribution >= 0.6 is 0 Å². The van der Waals surface area contributed by atoms with Crippen molar-refractivity contribution in [3.8, 4) is 11.4 Å². The number of rotatable bonds is 10. The zero-order valence-electron chi connectivity index (χ0n) is 36.9. The summed E-state index contributed by atoms with van der Waals surface area (Å²) in [7, 11) is -18.9. The number of nitrogens with zero attached hydrogens (tertiary/aromatic N) is 8. The molecule has 9 aromatic rings. The quantitative estimate of drug-likeness (QED) is 0.0543. The van der Waals surface area contributed by atoms with E-state index >= 15 is 0 Å². The summed E-state index contributed by atoms with van der Waals surface area (Å²) in [6.45, 7) is 1.75. The Morgan fingerprint density at radius 1 is 0.478 bits per heavy atom. The molecule has 2 aromatic heterocycles. The van der Waals surface area contributed by atoms with Crippen LogP contribution in [0.3, 0.4) is 0 Å². The van der Waals surface area contributed by atoms with Crippen molar-refractivity contribution in [3.63, 3.8) is 0 Å². The summed E-state index contributed by atoms with van der Waals surface area (Å²) in [6, 6.07) is 27.4. The first-order valence-electron chi connectivity index (χ1n) is 18.6. The van der Waals surface area contributed by atoms with Gasteiger partial charge >= 0.3 is 0 Å². The van der Waals surface area contributed by atoms with Crippen LogP contribution in [-0.4, -0.2) is 200 Å². The second-order valence-corrected chi connectivity index (χ2v) is 20.0. The number of hydrogen-bond acceptors (Lipinski definition) is 14. The number of azo groups is 1. The standard InChI is InChI=1S/C41H28N8O12S4.4Na/c1-23-18-28(48-44-35-16-10-26-19-30(62(50,51)52)14-15-31(26)40(35)46-48)13-17-34(23)43-42-27-11-8-24(37(20-27)63(53,54)55)6-7-25-9-12-29(21-38(25)64(56,57)58)49-45-36-22-39(65(59,60)61)32-4-2-3-5-33(32)41(36)47-49;;;;/h2-22H,1H3,(H,50,51,52)(H,53,54,55)(H,56,57,58)(H,59,60,61);;;;. The average molecular weight is 1040 g/mol. The first-order valence-corrected chi connectivity index (χ1v) is 24.4. The Bertz CT molecular complexity index is 4060. The van der Waals surface area contributed by atoms with Gasteiger partial charge in [-0.05, 0) is 95.7 Å². The average Bonchev–Trinajstić information content (AvgIpc) is 3.89. The van der Waals surface area contributed by atoms with Crippen molar-refractivity contribution in [2.75, 3.05) is 0 Å². The van der Waals surface area contributed by atoms with Crippen molar-refractivity contribution in [3.05, 3.63) is 132 Å². The molecule has 0 aliphatic rings. The molecule has 9 rings (SSSR count). The third-order valence-corrected chi connectivity index (χ3v) is 13.7. The Balaban J connectivity index is 0.00000222. The van der Waals surface area contributed by atoms with E-state index in [1.54, 1.807) is 55.5 Å². The Morgan fingerprint density at radius 2 is 1.03 bits per heavy atom. The molecule has 20 nitrogen and oxygen atoms in total. The second kappa shape index (κ2) is 21.5. The summed E-state index contributed by atoms with van der Waals surface area (Å²) in [4.78, 5) is 0.521. The van der Waals surface area contributed by atoms with Gasteiger partial charge in [0.05, 0.1) is 27.6 Å². The van der Waals surface area contributed by atoms with Crippen molar-refractivity contribution in [2.45, 2.75) is 26.5 Å². The molecule has 28 heteroatoms. The molecule has 0 saturated heterocycles. The largest absolute Gasteiger partial charge is 0.295 e. The van der Waals surface area contributed by atoms with Crippen molar-refractivity contribution in [2.24, 2.45) is 10.2 Å². The van der Waals surface area contributed by atoms with Crippen molar-refractivity contribution in [1.29, 1.82) is 0 Å². The molecule has 0 saturated carbocycles. The maximum absolute atomic E-state index is 12.6. The van der Waals surface area contributed by atoms with Crippen LogP contribution in [-0.2, 0) is 40.5 Å². The topological polar surface area (TPSA) is 304 Å². The van der Waals surface area contributed by atoms with Crippen LogP contribution in [0.2, 0.25) is 0 Å². The Kier molecular flexibility index (Phi) is 17.7. The monoisotopic (exact) mass is 1040 g/mol. The summed E-state index contributed by atoms with van der Waals surface area (Å²) < 4.78 is 138. The predicted octanol–water partition coefficient (Wildman–Crippen LogP) is 5.82. The van der Waals surface area contributed by atoms with Crippen LogP contribution in [0.15, 0.2) is 145 Å². The maximum Gasteiger partial charge on any atom is 0.295 e. The normalized spacial score (nSPS) is 12.3. The smallest absolute Gasteiger partial charge is 0.282 e. The minimum absolute atomic E-state index is 0. The molecule has 0 unspecified atom stereocenters. The van der Waals surface area contributed by atoms with Gasteiger partial charge in [-0.25, -0.2) is 0 Å². The van der Waals surface area contributed by atoms with E-state index in [4.69, 9.17) is 0 Å². The maximum atomic E-state index is 12.6. The number of benzene rings is 7. The van der Waals surface area contributed by atoms with E-state index in [9.17, 15) is 51.9 Å². The number of aryl methyl sites for hydroxylation is 1. The fraction of sp³-hybridized carbons (Fsp3) is 0.0244. The number of hydrogen-bond donors (Lipinski definition) is 4. The third-order valence-electron chi connectivity index (χ3n) is 10.2. The van der Waals surface area contributed by atoms with Gasteiger partial charge in [0.1, 0.15) is 36.8 Å². The molecule has 69 heavy (non-hydrogen) atoms. The molecule has 0 aliphatic heterocycles. The van der Waals surface area contributed by atoms with E-state index in [1.807, 2.05) is 0 Å². The fourth-order valence-electron chi connectivity index (χ4n) is 7.13. The molecule has 0 aliphatic carbocycles. The van der Waals surface area contributed by atoms with E-state index in [2.05, 4.69) is 30.6 Å². The van der Waals surface area contributed by atoms with E-state index in [0.29, 0.717) is 44.1 Å². The zero-order chi connectivity index (χ0) is 46.2. The molecular formula is C41H28N8Na4O12S4. The first-order chi connectivity index (χ1) is 30.6. The van der Waals surface area contributed by atoms with E-state index in [-0.39, 0.29) is 162 Å². The molecule has 2 heterocycles. The van der Waals surface area contributed by atoms with Crippen LogP contribution in [0.4, 0.5) is 11.4 Å². The van der Waals surface area contributed by atoms with E-state index in [1.165, 1.54) is 65.5 Å². The summed E-state index contributed by atoms with van der Waals surface area (Å²) in [5.74, 6) is 0. The molecule has 0 amide bonds. The van der Waals surface area contributed by atoms with Crippen molar-refractivity contribution < 1.29 is 51.9 Å². The summed E-state index contributed by atoms with van der Waals surface area (Å²) >= 11 is 0. The van der Waals surface area contributed by atoms with Gasteiger partial charge in [-0.15, -0.1) is 20.4 Å². The summed E-state index contributed by atoms with van der Waals surface area (Å²) in [5.41, 5.74) is 2.75. The van der Waals surface area contributed by atoms with Crippen LogP contribution in [0.25, 0.3) is 67.1 Å². The van der Waals surface area contributed by atoms with Gasteiger partial charge in [0.15, 0.2) is 0 Å². The van der Waals surface area contributed by atoms with Gasteiger partial charge in [0, 0.05) is 134 Å². The summed E-state index contributed by atoms with van der Waals surface area (Å²) in [6.07, 6.45) is 2.40. The first kappa shape index (κ1) is 56.8. The van der Waals surface area contributed by atoms with Gasteiger partial charge in [-0.2, -0.15) is 53.5 Å². The van der Waals surface area contributed by atoms with Crippen molar-refractivity contribution in [1.82, 2.24) is 30.0 Å². The van der Waals surface area contributed by atoms with Gasteiger partial charge < -0.3 is 0 Å². The fourth-order valence-corrected chi connectivity index (χ4v) is 9.76. The van der Waals surface area contributed by atoms with E-state index in [0.717, 1.165) is 23.0 Å². The van der Waals surface area contributed by atoms with Crippen LogP contribution in [0, 0.1) is 6.92 Å².